The molecule has 6 heteroatoms. The molecule has 0 fully saturated rings. The second kappa shape index (κ2) is 4.93. The van der Waals surface area contributed by atoms with Crippen molar-refractivity contribution in [1.82, 2.24) is 9.61 Å². The molecule has 108 valence electrons. The zero-order chi connectivity index (χ0) is 15.1. The van der Waals surface area contributed by atoms with Crippen LogP contribution in [0.4, 0.5) is 5.69 Å². The van der Waals surface area contributed by atoms with Crippen LogP contribution >= 0.6 is 11.6 Å². The Hall–Kier alpha value is -2.27. The van der Waals surface area contributed by atoms with Crippen molar-refractivity contribution in [3.63, 3.8) is 0 Å². The maximum atomic E-state index is 12.1. The first-order chi connectivity index (χ1) is 10.0. The van der Waals surface area contributed by atoms with E-state index in [1.807, 2.05) is 6.07 Å². The Morgan fingerprint density at radius 3 is 2.86 bits per heavy atom. The Labute approximate surface area is 126 Å². The molecule has 0 atom stereocenters. The van der Waals surface area contributed by atoms with Crippen LogP contribution in [0.15, 0.2) is 24.3 Å². The number of aromatic nitrogens is 2. The SMILES string of the molecule is CCOC(=O)c1c(C)nn2c1cc(N)c1cc(Cl)ccc12. The average Bonchev–Trinajstić information content (AvgIpc) is 2.75. The molecule has 0 spiro atoms. The number of carbonyl (C=O) groups is 1. The monoisotopic (exact) mass is 303 g/mol. The van der Waals surface area contributed by atoms with Gasteiger partial charge in [0.05, 0.1) is 23.3 Å². The number of nitrogen functional groups attached to an aromatic ring is 1. The van der Waals surface area contributed by atoms with Gasteiger partial charge in [-0.05, 0) is 38.1 Å². The van der Waals surface area contributed by atoms with Crippen LogP contribution in [-0.4, -0.2) is 22.2 Å². The van der Waals surface area contributed by atoms with E-state index in [9.17, 15) is 4.79 Å². The number of halogens is 1. The van der Waals surface area contributed by atoms with E-state index < -0.39 is 5.97 Å². The summed E-state index contributed by atoms with van der Waals surface area (Å²) in [6, 6.07) is 7.11. The summed E-state index contributed by atoms with van der Waals surface area (Å²) in [6.45, 7) is 3.86. The number of benzene rings is 1. The van der Waals surface area contributed by atoms with Gasteiger partial charge in [0.25, 0.3) is 0 Å². The number of anilines is 1. The van der Waals surface area contributed by atoms with Crippen molar-refractivity contribution in [2.45, 2.75) is 13.8 Å². The van der Waals surface area contributed by atoms with Gasteiger partial charge in [-0.1, -0.05) is 11.6 Å². The minimum absolute atomic E-state index is 0.314. The minimum atomic E-state index is -0.391. The molecule has 0 aliphatic carbocycles. The number of esters is 1. The number of fused-ring (bicyclic) bond motifs is 3. The van der Waals surface area contributed by atoms with Gasteiger partial charge in [-0.15, -0.1) is 0 Å². The molecule has 0 unspecified atom stereocenters. The lowest BCUT2D eigenvalue weighted by molar-refractivity contribution is 0.0528. The van der Waals surface area contributed by atoms with Crippen molar-refractivity contribution in [2.24, 2.45) is 0 Å². The van der Waals surface area contributed by atoms with Crippen LogP contribution in [-0.2, 0) is 4.74 Å². The van der Waals surface area contributed by atoms with Crippen LogP contribution in [0.2, 0.25) is 5.02 Å². The molecule has 0 radical (unpaired) electrons. The van der Waals surface area contributed by atoms with Crippen molar-refractivity contribution in [1.29, 1.82) is 0 Å². The zero-order valence-electron chi connectivity index (χ0n) is 11.7. The van der Waals surface area contributed by atoms with Gasteiger partial charge in [0.1, 0.15) is 5.56 Å². The van der Waals surface area contributed by atoms with Gasteiger partial charge in [0.15, 0.2) is 0 Å². The number of ether oxygens (including phenoxy) is 1. The lowest BCUT2D eigenvalue weighted by Crippen LogP contribution is -2.06. The van der Waals surface area contributed by atoms with Crippen molar-refractivity contribution in [3.05, 3.63) is 40.5 Å². The molecule has 21 heavy (non-hydrogen) atoms. The van der Waals surface area contributed by atoms with Crippen molar-refractivity contribution in [2.75, 3.05) is 12.3 Å². The molecule has 0 bridgehead atoms. The molecule has 0 saturated heterocycles. The minimum Gasteiger partial charge on any atom is -0.462 e. The van der Waals surface area contributed by atoms with E-state index in [1.165, 1.54) is 0 Å². The summed E-state index contributed by atoms with van der Waals surface area (Å²) in [5.74, 6) is -0.391. The summed E-state index contributed by atoms with van der Waals surface area (Å²) in [5, 5.41) is 5.83. The lowest BCUT2D eigenvalue weighted by Gasteiger charge is -2.06. The van der Waals surface area contributed by atoms with Gasteiger partial charge < -0.3 is 10.5 Å². The fraction of sp³-hybridized carbons (Fsp3) is 0.200. The lowest BCUT2D eigenvalue weighted by atomic mass is 10.1. The van der Waals surface area contributed by atoms with Crippen LogP contribution in [0.3, 0.4) is 0 Å². The van der Waals surface area contributed by atoms with Gasteiger partial charge in [0, 0.05) is 16.1 Å². The Morgan fingerprint density at radius 1 is 1.38 bits per heavy atom. The highest BCUT2D eigenvalue weighted by atomic mass is 35.5. The van der Waals surface area contributed by atoms with Crippen molar-refractivity contribution >= 4 is 39.7 Å². The third-order valence-electron chi connectivity index (χ3n) is 3.37. The number of nitrogens with two attached hydrogens (primary N) is 1. The third kappa shape index (κ3) is 2.10. The number of carbonyl (C=O) groups excluding carboxylic acids is 1. The van der Waals surface area contributed by atoms with Crippen LogP contribution < -0.4 is 5.73 Å². The Bertz CT molecular complexity index is 870. The van der Waals surface area contributed by atoms with Gasteiger partial charge in [0.2, 0.25) is 0 Å². The second-order valence-corrected chi connectivity index (χ2v) is 5.18. The predicted octanol–water partition coefficient (Wildman–Crippen LogP) is 3.21. The van der Waals surface area contributed by atoms with Gasteiger partial charge in [-0.2, -0.15) is 5.10 Å². The number of rotatable bonds is 2. The zero-order valence-corrected chi connectivity index (χ0v) is 12.4. The van der Waals surface area contributed by atoms with Crippen molar-refractivity contribution < 1.29 is 9.53 Å². The molecule has 0 saturated carbocycles. The molecule has 0 aliphatic heterocycles. The van der Waals surface area contributed by atoms with Gasteiger partial charge in [-0.3, -0.25) is 0 Å². The molecule has 2 N–H and O–H groups in total. The van der Waals surface area contributed by atoms with Gasteiger partial charge >= 0.3 is 5.97 Å². The summed E-state index contributed by atoms with van der Waals surface area (Å²) >= 11 is 6.01. The number of hydrogen-bond donors (Lipinski definition) is 1. The quantitative estimate of drug-likeness (QED) is 0.738. The average molecular weight is 304 g/mol. The summed E-state index contributed by atoms with van der Waals surface area (Å²) < 4.78 is 6.79. The first-order valence-electron chi connectivity index (χ1n) is 6.57. The number of nitrogens with zero attached hydrogens (tertiary/aromatic N) is 2. The molecule has 2 aromatic heterocycles. The number of hydrogen-bond acceptors (Lipinski definition) is 4. The molecular weight excluding hydrogens is 290 g/mol. The predicted molar refractivity (Wildman–Crippen MR) is 82.8 cm³/mol. The highest BCUT2D eigenvalue weighted by Crippen LogP contribution is 2.29. The molecule has 5 nitrogen and oxygen atoms in total. The van der Waals surface area contributed by atoms with Crippen LogP contribution in [0.25, 0.3) is 16.4 Å². The van der Waals surface area contributed by atoms with Crippen LogP contribution in [0, 0.1) is 6.92 Å². The fourth-order valence-corrected chi connectivity index (χ4v) is 2.64. The topological polar surface area (TPSA) is 69.6 Å². The van der Waals surface area contributed by atoms with E-state index in [0.29, 0.717) is 34.1 Å². The van der Waals surface area contributed by atoms with Crippen molar-refractivity contribution in [3.8, 4) is 0 Å². The normalized spacial score (nSPS) is 11.2. The molecule has 3 aromatic rings. The molecule has 1 aromatic carbocycles. The maximum Gasteiger partial charge on any atom is 0.342 e. The Kier molecular flexibility index (Phi) is 3.22. The standard InChI is InChI=1S/C15H14ClN3O2/c1-3-21-15(20)14-8(2)18-19-12-5-4-9(16)6-10(12)11(17)7-13(14)19/h4-7H,3,17H2,1-2H3. The second-order valence-electron chi connectivity index (χ2n) is 4.74. The number of pyridine rings is 1. The summed E-state index contributed by atoms with van der Waals surface area (Å²) in [4.78, 5) is 12.1. The molecular formula is C15H14ClN3O2. The molecule has 0 aliphatic rings. The molecule has 0 amide bonds. The van der Waals surface area contributed by atoms with Gasteiger partial charge in [-0.25, -0.2) is 9.31 Å². The van der Waals surface area contributed by atoms with E-state index in [2.05, 4.69) is 5.10 Å². The largest absolute Gasteiger partial charge is 0.462 e. The van der Waals surface area contributed by atoms with E-state index in [4.69, 9.17) is 22.1 Å². The highest BCUT2D eigenvalue weighted by Gasteiger charge is 2.20. The first-order valence-corrected chi connectivity index (χ1v) is 6.95. The van der Waals surface area contributed by atoms with E-state index in [-0.39, 0.29) is 0 Å². The van der Waals surface area contributed by atoms with E-state index in [0.717, 1.165) is 10.9 Å². The summed E-state index contributed by atoms with van der Waals surface area (Å²) in [7, 11) is 0. The maximum absolute atomic E-state index is 12.1. The first kappa shape index (κ1) is 13.7. The highest BCUT2D eigenvalue weighted by molar-refractivity contribution is 6.31. The molecule has 2 heterocycles. The summed E-state index contributed by atoms with van der Waals surface area (Å²) in [5.41, 5.74) is 9.13. The van der Waals surface area contributed by atoms with E-state index in [1.54, 1.807) is 36.6 Å². The fourth-order valence-electron chi connectivity index (χ4n) is 2.47. The third-order valence-corrected chi connectivity index (χ3v) is 3.60. The van der Waals surface area contributed by atoms with E-state index >= 15 is 0 Å². The Balaban J connectivity index is 2.39. The number of aryl methyl sites for hydroxylation is 1. The van der Waals surface area contributed by atoms with Crippen LogP contribution in [0.5, 0.6) is 0 Å². The summed E-state index contributed by atoms with van der Waals surface area (Å²) in [6.07, 6.45) is 0. The van der Waals surface area contributed by atoms with Crippen LogP contribution in [0.1, 0.15) is 23.0 Å². The Morgan fingerprint density at radius 2 is 2.14 bits per heavy atom. The smallest absolute Gasteiger partial charge is 0.342 e. The molecule has 3 rings (SSSR count).